The normalized spacial score (nSPS) is 11.9. The number of hydrazone groups is 1. The van der Waals surface area contributed by atoms with Gasteiger partial charge in [0.05, 0.1) is 6.21 Å². The number of aromatic nitrogens is 1. The molecule has 0 unspecified atom stereocenters. The van der Waals surface area contributed by atoms with E-state index in [9.17, 15) is 9.59 Å². The molecule has 0 bridgehead atoms. The van der Waals surface area contributed by atoms with E-state index in [2.05, 4.69) is 36.8 Å². The number of alkyl carbamates (subject to hydrolysis) is 1. The molecule has 2 amide bonds. The maximum atomic E-state index is 12.9. The highest BCUT2D eigenvalue weighted by Gasteiger charge is 2.23. The summed E-state index contributed by atoms with van der Waals surface area (Å²) in [6.07, 6.45) is 2.97. The zero-order chi connectivity index (χ0) is 23.8. The average Bonchev–Trinajstić information content (AvgIpc) is 3.27. The fourth-order valence-electron chi connectivity index (χ4n) is 3.43. The molecule has 0 spiro atoms. The Kier molecular flexibility index (Phi) is 7.72. The molecule has 172 valence electrons. The largest absolute Gasteiger partial charge is 0.445 e. The van der Waals surface area contributed by atoms with E-state index < -0.39 is 18.0 Å². The highest BCUT2D eigenvalue weighted by molar-refractivity contribution is 9.10. The van der Waals surface area contributed by atoms with Crippen LogP contribution in [0.15, 0.2) is 94.6 Å². The summed E-state index contributed by atoms with van der Waals surface area (Å²) in [4.78, 5) is 28.6. The van der Waals surface area contributed by atoms with Crippen LogP contribution in [0.3, 0.4) is 0 Å². The second-order valence-electron chi connectivity index (χ2n) is 7.61. The first-order valence-electron chi connectivity index (χ1n) is 10.7. The fraction of sp³-hybridized carbons (Fsp3) is 0.115. The van der Waals surface area contributed by atoms with Gasteiger partial charge < -0.3 is 15.0 Å². The van der Waals surface area contributed by atoms with Gasteiger partial charge in [-0.15, -0.1) is 0 Å². The fourth-order valence-corrected chi connectivity index (χ4v) is 3.70. The van der Waals surface area contributed by atoms with Gasteiger partial charge in [-0.25, -0.2) is 10.2 Å². The van der Waals surface area contributed by atoms with Gasteiger partial charge in [-0.1, -0.05) is 76.6 Å². The zero-order valence-corrected chi connectivity index (χ0v) is 19.8. The van der Waals surface area contributed by atoms with E-state index >= 15 is 0 Å². The van der Waals surface area contributed by atoms with Crippen LogP contribution >= 0.6 is 15.9 Å². The Morgan fingerprint density at radius 2 is 1.74 bits per heavy atom. The molecule has 3 N–H and O–H groups in total. The third kappa shape index (κ3) is 6.32. The summed E-state index contributed by atoms with van der Waals surface area (Å²) < 4.78 is 6.27. The summed E-state index contributed by atoms with van der Waals surface area (Å²) in [6.45, 7) is 0.107. The van der Waals surface area contributed by atoms with E-state index in [0.717, 1.165) is 32.1 Å². The quantitative estimate of drug-likeness (QED) is 0.228. The molecule has 0 aliphatic carbocycles. The number of nitrogens with zero attached hydrogens (tertiary/aromatic N) is 1. The summed E-state index contributed by atoms with van der Waals surface area (Å²) in [7, 11) is 0. The number of carbonyl (C=O) groups is 2. The topological polar surface area (TPSA) is 95.6 Å². The number of H-pyrrole nitrogens is 1. The molecule has 4 rings (SSSR count). The molecular weight excluding hydrogens is 496 g/mol. The van der Waals surface area contributed by atoms with Crippen molar-refractivity contribution in [3.8, 4) is 0 Å². The number of fused-ring (bicyclic) bond motifs is 1. The third-order valence-electron chi connectivity index (χ3n) is 5.18. The molecule has 4 aromatic rings. The van der Waals surface area contributed by atoms with Gasteiger partial charge in [0.1, 0.15) is 12.6 Å². The lowest BCUT2D eigenvalue weighted by Gasteiger charge is -2.17. The number of amides is 2. The zero-order valence-electron chi connectivity index (χ0n) is 18.2. The van der Waals surface area contributed by atoms with E-state index in [4.69, 9.17) is 4.74 Å². The minimum atomic E-state index is -0.885. The number of para-hydroxylation sites is 1. The number of rotatable bonds is 8. The summed E-state index contributed by atoms with van der Waals surface area (Å²) in [5, 5.41) is 7.71. The third-order valence-corrected chi connectivity index (χ3v) is 5.71. The Labute approximate surface area is 205 Å². The number of halogens is 1. The number of benzene rings is 3. The maximum absolute atomic E-state index is 12.9. The molecule has 0 aliphatic heterocycles. The lowest BCUT2D eigenvalue weighted by atomic mass is 10.0. The van der Waals surface area contributed by atoms with Crippen molar-refractivity contribution in [1.29, 1.82) is 0 Å². The Morgan fingerprint density at radius 1 is 1.00 bits per heavy atom. The van der Waals surface area contributed by atoms with Crippen molar-refractivity contribution in [2.75, 3.05) is 0 Å². The van der Waals surface area contributed by atoms with Gasteiger partial charge in [0.2, 0.25) is 0 Å². The van der Waals surface area contributed by atoms with Crippen molar-refractivity contribution in [2.45, 2.75) is 19.1 Å². The first kappa shape index (κ1) is 23.3. The number of hydrogen-bond donors (Lipinski definition) is 3. The molecule has 1 heterocycles. The summed E-state index contributed by atoms with van der Waals surface area (Å²) in [6, 6.07) is 23.7. The molecule has 3 aromatic carbocycles. The number of ether oxygens (including phenoxy) is 1. The van der Waals surface area contributed by atoms with Crippen LogP contribution in [-0.2, 0) is 22.6 Å². The highest BCUT2D eigenvalue weighted by Crippen LogP contribution is 2.19. The molecule has 0 fully saturated rings. The van der Waals surface area contributed by atoms with Gasteiger partial charge in [-0.3, -0.25) is 4.79 Å². The van der Waals surface area contributed by atoms with Crippen LogP contribution in [0.2, 0.25) is 0 Å². The molecule has 8 heteroatoms. The Morgan fingerprint density at radius 3 is 2.53 bits per heavy atom. The number of aromatic amines is 1. The number of hydrogen-bond acceptors (Lipinski definition) is 4. The second-order valence-corrected chi connectivity index (χ2v) is 8.52. The predicted molar refractivity (Wildman–Crippen MR) is 135 cm³/mol. The average molecular weight is 519 g/mol. The van der Waals surface area contributed by atoms with Crippen LogP contribution in [0.4, 0.5) is 4.79 Å². The molecule has 1 atom stereocenters. The van der Waals surface area contributed by atoms with Crippen LogP contribution in [0, 0.1) is 0 Å². The van der Waals surface area contributed by atoms with Crippen molar-refractivity contribution >= 4 is 45.0 Å². The first-order valence-corrected chi connectivity index (χ1v) is 11.5. The van der Waals surface area contributed by atoms with Crippen molar-refractivity contribution in [1.82, 2.24) is 15.7 Å². The van der Waals surface area contributed by atoms with E-state index in [1.165, 1.54) is 0 Å². The van der Waals surface area contributed by atoms with Crippen molar-refractivity contribution < 1.29 is 14.3 Å². The van der Waals surface area contributed by atoms with Crippen LogP contribution < -0.4 is 10.7 Å². The van der Waals surface area contributed by atoms with E-state index in [0.29, 0.717) is 0 Å². The van der Waals surface area contributed by atoms with Crippen molar-refractivity contribution in [3.05, 3.63) is 106 Å². The molecule has 0 saturated heterocycles. The summed E-state index contributed by atoms with van der Waals surface area (Å²) >= 11 is 3.38. The van der Waals surface area contributed by atoms with Crippen LogP contribution in [0.25, 0.3) is 10.9 Å². The predicted octanol–water partition coefficient (Wildman–Crippen LogP) is 4.92. The minimum absolute atomic E-state index is 0.107. The van der Waals surface area contributed by atoms with Crippen molar-refractivity contribution in [3.63, 3.8) is 0 Å². The number of carbonyl (C=O) groups excluding carboxylic acids is 2. The standard InChI is InChI=1S/C26H23BrN4O3/c27-21-12-10-18(11-13-21)15-29-31-25(32)24(14-20-16-28-23-9-5-4-8-22(20)23)30-26(33)34-17-19-6-2-1-3-7-19/h1-13,15-16,24,28H,14,17H2,(H,30,33)(H,31,32)/b29-15-/t24-/m0/s1. The van der Waals surface area contributed by atoms with Gasteiger partial charge in [0, 0.05) is 28.0 Å². The Balaban J connectivity index is 1.45. The second kappa shape index (κ2) is 11.3. The molecule has 0 saturated carbocycles. The van der Waals surface area contributed by atoms with Gasteiger partial charge in [-0.05, 0) is 34.9 Å². The van der Waals surface area contributed by atoms with E-state index in [-0.39, 0.29) is 13.0 Å². The molecule has 34 heavy (non-hydrogen) atoms. The maximum Gasteiger partial charge on any atom is 0.408 e. The van der Waals surface area contributed by atoms with Gasteiger partial charge in [0.15, 0.2) is 0 Å². The lowest BCUT2D eigenvalue weighted by molar-refractivity contribution is -0.123. The van der Waals surface area contributed by atoms with Gasteiger partial charge >= 0.3 is 6.09 Å². The molecule has 7 nitrogen and oxygen atoms in total. The monoisotopic (exact) mass is 518 g/mol. The summed E-state index contributed by atoms with van der Waals surface area (Å²) in [5.74, 6) is -0.449. The molecule has 1 aromatic heterocycles. The number of nitrogens with one attached hydrogen (secondary N) is 3. The first-order chi connectivity index (χ1) is 16.6. The van der Waals surface area contributed by atoms with E-state index in [1.807, 2.05) is 85.1 Å². The highest BCUT2D eigenvalue weighted by atomic mass is 79.9. The molecular formula is C26H23BrN4O3. The summed E-state index contributed by atoms with van der Waals surface area (Å²) in [5.41, 5.74) is 6.06. The van der Waals surface area contributed by atoms with Crippen LogP contribution in [-0.4, -0.2) is 29.2 Å². The van der Waals surface area contributed by atoms with Crippen molar-refractivity contribution in [2.24, 2.45) is 5.10 Å². The van der Waals surface area contributed by atoms with Crippen LogP contribution in [0.1, 0.15) is 16.7 Å². The molecule has 0 radical (unpaired) electrons. The lowest BCUT2D eigenvalue weighted by Crippen LogP contribution is -2.47. The van der Waals surface area contributed by atoms with Gasteiger partial charge in [-0.2, -0.15) is 5.10 Å². The smallest absolute Gasteiger partial charge is 0.408 e. The van der Waals surface area contributed by atoms with E-state index in [1.54, 1.807) is 6.21 Å². The minimum Gasteiger partial charge on any atom is -0.445 e. The molecule has 0 aliphatic rings. The Hall–Kier alpha value is -3.91. The Bertz CT molecular complexity index is 1290. The SMILES string of the molecule is O=C(N[C@@H](Cc1c[nH]c2ccccc12)C(=O)N/N=C\c1ccc(Br)cc1)OCc1ccccc1. The van der Waals surface area contributed by atoms with Gasteiger partial charge in [0.25, 0.3) is 5.91 Å². The van der Waals surface area contributed by atoms with Crippen LogP contribution in [0.5, 0.6) is 0 Å².